The molecule has 1 amide bonds. The molecule has 1 atom stereocenters. The van der Waals surface area contributed by atoms with Crippen LogP contribution in [0.1, 0.15) is 39.0 Å². The number of nitriles is 1. The predicted molar refractivity (Wildman–Crippen MR) is 99.1 cm³/mol. The third-order valence-electron chi connectivity index (χ3n) is 4.91. The zero-order valence-corrected chi connectivity index (χ0v) is 15.8. The number of aromatic nitrogens is 4. The number of hydrogen-bond acceptors (Lipinski definition) is 6. The Hall–Kier alpha value is -2.40. The first-order valence-electron chi connectivity index (χ1n) is 8.74. The summed E-state index contributed by atoms with van der Waals surface area (Å²) in [5, 5.41) is 16.9. The van der Waals surface area contributed by atoms with Crippen molar-refractivity contribution in [2.75, 3.05) is 7.05 Å². The Morgan fingerprint density at radius 2 is 2.04 bits per heavy atom. The molecule has 2 aromatic rings. The number of H-pyrrole nitrogens is 1. The first-order chi connectivity index (χ1) is 12.6. The SMILES string of the molecule is C[C@H](Sc1n[nH]c(-c2ccncc2)n1)C(=O)N(C)C1(C#N)CCCCC1. The average Bonchev–Trinajstić information content (AvgIpc) is 3.16. The zero-order chi connectivity index (χ0) is 18.6. The van der Waals surface area contributed by atoms with Gasteiger partial charge in [0.2, 0.25) is 11.1 Å². The maximum Gasteiger partial charge on any atom is 0.236 e. The lowest BCUT2D eigenvalue weighted by atomic mass is 9.81. The van der Waals surface area contributed by atoms with Crippen LogP contribution in [0.5, 0.6) is 0 Å². The largest absolute Gasteiger partial charge is 0.326 e. The molecular weight excluding hydrogens is 348 g/mol. The van der Waals surface area contributed by atoms with E-state index < -0.39 is 5.54 Å². The lowest BCUT2D eigenvalue weighted by molar-refractivity contribution is -0.133. The van der Waals surface area contributed by atoms with Gasteiger partial charge in [0, 0.05) is 25.0 Å². The van der Waals surface area contributed by atoms with Gasteiger partial charge in [-0.1, -0.05) is 31.0 Å². The van der Waals surface area contributed by atoms with Crippen molar-refractivity contribution in [3.63, 3.8) is 0 Å². The number of nitrogens with one attached hydrogen (secondary N) is 1. The lowest BCUT2D eigenvalue weighted by Crippen LogP contribution is -2.52. The predicted octanol–water partition coefficient (Wildman–Crippen LogP) is 3.03. The normalized spacial score (nSPS) is 17.3. The maximum atomic E-state index is 12.9. The van der Waals surface area contributed by atoms with Crippen LogP contribution in [0.15, 0.2) is 29.7 Å². The molecule has 2 aromatic heterocycles. The Kier molecular flexibility index (Phi) is 5.57. The van der Waals surface area contributed by atoms with E-state index in [0.717, 1.165) is 37.7 Å². The average molecular weight is 370 g/mol. The van der Waals surface area contributed by atoms with Crippen molar-refractivity contribution in [1.82, 2.24) is 25.1 Å². The fourth-order valence-electron chi connectivity index (χ4n) is 3.29. The molecule has 0 aromatic carbocycles. The summed E-state index contributed by atoms with van der Waals surface area (Å²) in [6.07, 6.45) is 7.98. The molecule has 8 heteroatoms. The monoisotopic (exact) mass is 370 g/mol. The standard InChI is InChI=1S/C18H22N6OS/c1-13(16(25)24(2)18(12-19)8-4-3-5-9-18)26-17-21-15(22-23-17)14-6-10-20-11-7-14/h6-7,10-11,13H,3-5,8-9H2,1-2H3,(H,21,22,23)/t13-/m0/s1. The molecule has 1 fully saturated rings. The third kappa shape index (κ3) is 3.73. The van der Waals surface area contributed by atoms with Crippen molar-refractivity contribution in [2.24, 2.45) is 0 Å². The summed E-state index contributed by atoms with van der Waals surface area (Å²) in [6, 6.07) is 6.08. The van der Waals surface area contributed by atoms with Gasteiger partial charge < -0.3 is 4.90 Å². The molecule has 1 aliphatic rings. The highest BCUT2D eigenvalue weighted by Gasteiger charge is 2.40. The Labute approximate surface area is 157 Å². The van der Waals surface area contributed by atoms with Gasteiger partial charge in [-0.2, -0.15) is 5.26 Å². The van der Waals surface area contributed by atoms with Gasteiger partial charge in [0.25, 0.3) is 0 Å². The van der Waals surface area contributed by atoms with Crippen LogP contribution in [0.2, 0.25) is 0 Å². The van der Waals surface area contributed by atoms with Gasteiger partial charge in [-0.3, -0.25) is 14.9 Å². The van der Waals surface area contributed by atoms with Gasteiger partial charge in [0.15, 0.2) is 5.82 Å². The van der Waals surface area contributed by atoms with Crippen molar-refractivity contribution in [3.8, 4) is 17.5 Å². The van der Waals surface area contributed by atoms with Crippen molar-refractivity contribution < 1.29 is 4.79 Å². The molecule has 7 nitrogen and oxygen atoms in total. The van der Waals surface area contributed by atoms with E-state index in [1.807, 2.05) is 19.1 Å². The van der Waals surface area contributed by atoms with Crippen LogP contribution in [0.3, 0.4) is 0 Å². The minimum atomic E-state index is -0.675. The fraction of sp³-hybridized carbons (Fsp3) is 0.500. The summed E-state index contributed by atoms with van der Waals surface area (Å²) < 4.78 is 0. The summed E-state index contributed by atoms with van der Waals surface area (Å²) in [5.41, 5.74) is 0.215. The van der Waals surface area contributed by atoms with Crippen LogP contribution in [0.4, 0.5) is 0 Å². The topological polar surface area (TPSA) is 98.6 Å². The molecule has 1 N–H and O–H groups in total. The number of hydrogen-bond donors (Lipinski definition) is 1. The second kappa shape index (κ2) is 7.87. The molecular formula is C18H22N6OS. The quantitative estimate of drug-likeness (QED) is 0.812. The summed E-state index contributed by atoms with van der Waals surface area (Å²) in [4.78, 5) is 22.9. The highest BCUT2D eigenvalue weighted by Crippen LogP contribution is 2.34. The molecule has 0 saturated heterocycles. The Bertz CT molecular complexity index is 794. The summed E-state index contributed by atoms with van der Waals surface area (Å²) in [6.45, 7) is 1.83. The minimum absolute atomic E-state index is 0.0614. The number of aromatic amines is 1. The Morgan fingerprint density at radius 3 is 2.69 bits per heavy atom. The highest BCUT2D eigenvalue weighted by molar-refractivity contribution is 8.00. The number of pyridine rings is 1. The van der Waals surface area contributed by atoms with Gasteiger partial charge in [-0.25, -0.2) is 4.98 Å². The van der Waals surface area contributed by atoms with Crippen LogP contribution >= 0.6 is 11.8 Å². The van der Waals surface area contributed by atoms with E-state index in [2.05, 4.69) is 26.2 Å². The van der Waals surface area contributed by atoms with Crippen molar-refractivity contribution in [3.05, 3.63) is 24.5 Å². The smallest absolute Gasteiger partial charge is 0.236 e. The number of carbonyl (C=O) groups excluding carboxylic acids is 1. The van der Waals surface area contributed by atoms with Gasteiger partial charge in [-0.05, 0) is 31.9 Å². The van der Waals surface area contributed by atoms with E-state index in [1.54, 1.807) is 24.3 Å². The van der Waals surface area contributed by atoms with Gasteiger partial charge in [0.1, 0.15) is 5.54 Å². The highest BCUT2D eigenvalue weighted by atomic mass is 32.2. The van der Waals surface area contributed by atoms with E-state index in [-0.39, 0.29) is 11.2 Å². The van der Waals surface area contributed by atoms with E-state index in [1.165, 1.54) is 11.8 Å². The van der Waals surface area contributed by atoms with Crippen molar-refractivity contribution in [2.45, 2.75) is 55.0 Å². The van der Waals surface area contributed by atoms with Crippen LogP contribution in [-0.4, -0.2) is 48.8 Å². The Morgan fingerprint density at radius 1 is 1.35 bits per heavy atom. The Balaban J connectivity index is 1.68. The summed E-state index contributed by atoms with van der Waals surface area (Å²) >= 11 is 1.30. The van der Waals surface area contributed by atoms with Crippen LogP contribution in [0, 0.1) is 11.3 Å². The van der Waals surface area contributed by atoms with Gasteiger partial charge in [0.05, 0.1) is 11.3 Å². The number of rotatable bonds is 5. The number of carbonyl (C=O) groups is 1. The molecule has 136 valence electrons. The molecule has 2 heterocycles. The molecule has 0 radical (unpaired) electrons. The number of amides is 1. The van der Waals surface area contributed by atoms with Crippen LogP contribution < -0.4 is 0 Å². The molecule has 1 saturated carbocycles. The lowest BCUT2D eigenvalue weighted by Gasteiger charge is -2.39. The summed E-state index contributed by atoms with van der Waals surface area (Å²) in [5.74, 6) is 0.581. The second-order valence-electron chi connectivity index (χ2n) is 6.56. The second-order valence-corrected chi connectivity index (χ2v) is 7.87. The van der Waals surface area contributed by atoms with E-state index in [0.29, 0.717) is 11.0 Å². The van der Waals surface area contributed by atoms with E-state index >= 15 is 0 Å². The first-order valence-corrected chi connectivity index (χ1v) is 9.62. The molecule has 0 unspecified atom stereocenters. The van der Waals surface area contributed by atoms with E-state index in [4.69, 9.17) is 0 Å². The molecule has 0 bridgehead atoms. The van der Waals surface area contributed by atoms with Crippen molar-refractivity contribution in [1.29, 1.82) is 5.26 Å². The van der Waals surface area contributed by atoms with Gasteiger partial charge >= 0.3 is 0 Å². The fourth-order valence-corrected chi connectivity index (χ4v) is 4.11. The van der Waals surface area contributed by atoms with Crippen LogP contribution in [-0.2, 0) is 4.79 Å². The number of nitrogens with zero attached hydrogens (tertiary/aromatic N) is 5. The molecule has 1 aliphatic carbocycles. The molecule has 26 heavy (non-hydrogen) atoms. The zero-order valence-electron chi connectivity index (χ0n) is 15.0. The third-order valence-corrected chi connectivity index (χ3v) is 5.86. The van der Waals surface area contributed by atoms with E-state index in [9.17, 15) is 10.1 Å². The van der Waals surface area contributed by atoms with Gasteiger partial charge in [-0.15, -0.1) is 5.10 Å². The maximum absolute atomic E-state index is 12.9. The first kappa shape index (κ1) is 18.4. The summed E-state index contributed by atoms with van der Waals surface area (Å²) in [7, 11) is 1.74. The minimum Gasteiger partial charge on any atom is -0.326 e. The molecule has 0 aliphatic heterocycles. The molecule has 0 spiro atoms. The molecule has 3 rings (SSSR count). The van der Waals surface area contributed by atoms with Crippen molar-refractivity contribution >= 4 is 17.7 Å². The van der Waals surface area contributed by atoms with Crippen LogP contribution in [0.25, 0.3) is 11.4 Å². The number of thioether (sulfide) groups is 1.